The molecule has 2 atom stereocenters. The van der Waals surface area contributed by atoms with Gasteiger partial charge in [0.2, 0.25) is 0 Å². The maximum absolute atomic E-state index is 12.3. The first-order valence-corrected chi connectivity index (χ1v) is 7.53. The Labute approximate surface area is 124 Å². The van der Waals surface area contributed by atoms with Gasteiger partial charge in [-0.15, -0.1) is 0 Å². The van der Waals surface area contributed by atoms with Crippen molar-refractivity contribution in [1.29, 1.82) is 0 Å². The van der Waals surface area contributed by atoms with Crippen LogP contribution in [0.5, 0.6) is 0 Å². The third-order valence-electron chi connectivity index (χ3n) is 4.20. The van der Waals surface area contributed by atoms with Crippen molar-refractivity contribution in [2.45, 2.75) is 31.5 Å². The van der Waals surface area contributed by atoms with Gasteiger partial charge in [-0.1, -0.05) is 42.0 Å². The second-order valence-corrected chi connectivity index (χ2v) is 6.02. The summed E-state index contributed by atoms with van der Waals surface area (Å²) >= 11 is 0. The van der Waals surface area contributed by atoms with Crippen molar-refractivity contribution in [2.24, 2.45) is 0 Å². The molecule has 2 heterocycles. The molecule has 0 radical (unpaired) electrons. The number of Topliss-reactive ketones (excluding diaryl/α,β-unsaturated/α-hetero) is 1. The molecule has 2 saturated heterocycles. The van der Waals surface area contributed by atoms with E-state index in [-0.39, 0.29) is 5.78 Å². The number of epoxide rings is 2. The van der Waals surface area contributed by atoms with Crippen LogP contribution in [0.3, 0.4) is 0 Å². The van der Waals surface area contributed by atoms with Gasteiger partial charge < -0.3 is 9.47 Å². The molecular weight excluding hydrogens is 264 g/mol. The quantitative estimate of drug-likeness (QED) is 0.780. The van der Waals surface area contributed by atoms with Crippen molar-refractivity contribution in [3.05, 3.63) is 53.1 Å². The summed E-state index contributed by atoms with van der Waals surface area (Å²) in [6.07, 6.45) is 7.20. The molecule has 3 nitrogen and oxygen atoms in total. The number of ether oxygens (including phenoxy) is 2. The van der Waals surface area contributed by atoms with Crippen LogP contribution in [0.15, 0.2) is 42.0 Å². The lowest BCUT2D eigenvalue weighted by atomic mass is 9.90. The zero-order chi connectivity index (χ0) is 14.2. The van der Waals surface area contributed by atoms with Crippen LogP contribution in [0.1, 0.15) is 24.0 Å². The highest BCUT2D eigenvalue weighted by Crippen LogP contribution is 2.29. The van der Waals surface area contributed by atoms with Crippen LogP contribution >= 0.6 is 0 Å². The Morgan fingerprint density at radius 1 is 0.952 bits per heavy atom. The number of allylic oxidation sites excluding steroid dienone is 3. The Morgan fingerprint density at radius 3 is 2.24 bits per heavy atom. The molecule has 2 unspecified atom stereocenters. The number of rotatable bonds is 5. The van der Waals surface area contributed by atoms with Crippen LogP contribution in [0, 0.1) is 0 Å². The zero-order valence-corrected chi connectivity index (χ0v) is 11.9. The van der Waals surface area contributed by atoms with Gasteiger partial charge in [0, 0.05) is 18.4 Å². The summed E-state index contributed by atoms with van der Waals surface area (Å²) < 4.78 is 10.5. The molecule has 2 fully saturated rings. The summed E-state index contributed by atoms with van der Waals surface area (Å²) in [6, 6.07) is 8.29. The molecule has 1 aromatic rings. The van der Waals surface area contributed by atoms with Gasteiger partial charge in [-0.2, -0.15) is 0 Å². The van der Waals surface area contributed by atoms with E-state index in [4.69, 9.17) is 9.47 Å². The average molecular weight is 282 g/mol. The van der Waals surface area contributed by atoms with Gasteiger partial charge in [0.15, 0.2) is 5.78 Å². The minimum absolute atomic E-state index is 0.214. The van der Waals surface area contributed by atoms with E-state index in [2.05, 4.69) is 18.2 Å². The molecule has 0 N–H and O–H groups in total. The molecule has 3 aliphatic rings. The molecule has 4 rings (SSSR count). The average Bonchev–Trinajstić information content (AvgIpc) is 3.37. The highest BCUT2D eigenvalue weighted by Gasteiger charge is 2.26. The number of benzene rings is 1. The van der Waals surface area contributed by atoms with Gasteiger partial charge in [-0.05, 0) is 17.5 Å². The minimum atomic E-state index is 0.214. The van der Waals surface area contributed by atoms with Gasteiger partial charge in [-0.3, -0.25) is 4.79 Å². The molecule has 108 valence electrons. The minimum Gasteiger partial charge on any atom is -0.373 e. The van der Waals surface area contributed by atoms with E-state index in [1.807, 2.05) is 18.2 Å². The fourth-order valence-electron chi connectivity index (χ4n) is 2.80. The van der Waals surface area contributed by atoms with Gasteiger partial charge in [0.25, 0.3) is 0 Å². The molecular formula is C18H18O3. The largest absolute Gasteiger partial charge is 0.373 e. The normalized spacial score (nSPS) is 27.1. The van der Waals surface area contributed by atoms with E-state index < -0.39 is 0 Å². The van der Waals surface area contributed by atoms with Crippen molar-refractivity contribution in [1.82, 2.24) is 0 Å². The molecule has 0 bridgehead atoms. The van der Waals surface area contributed by atoms with Gasteiger partial charge >= 0.3 is 0 Å². The van der Waals surface area contributed by atoms with Crippen molar-refractivity contribution in [3.63, 3.8) is 0 Å². The van der Waals surface area contributed by atoms with E-state index >= 15 is 0 Å². The lowest BCUT2D eigenvalue weighted by Crippen LogP contribution is -2.08. The van der Waals surface area contributed by atoms with Crippen LogP contribution < -0.4 is 0 Å². The second kappa shape index (κ2) is 5.24. The van der Waals surface area contributed by atoms with E-state index in [1.165, 1.54) is 11.1 Å². The SMILES string of the molecule is O=C1CC(CC2CO2)=CC=C1c1ccc(CC2CO2)cc1. The molecule has 0 saturated carbocycles. The van der Waals surface area contributed by atoms with Gasteiger partial charge in [-0.25, -0.2) is 0 Å². The van der Waals surface area contributed by atoms with Crippen LogP contribution in [-0.4, -0.2) is 31.2 Å². The number of ketones is 1. The van der Waals surface area contributed by atoms with Crippen molar-refractivity contribution >= 4 is 11.4 Å². The van der Waals surface area contributed by atoms with E-state index in [1.54, 1.807) is 0 Å². The molecule has 21 heavy (non-hydrogen) atoms. The predicted molar refractivity (Wildman–Crippen MR) is 79.9 cm³/mol. The monoisotopic (exact) mass is 282 g/mol. The molecule has 1 aliphatic carbocycles. The first-order valence-electron chi connectivity index (χ1n) is 7.53. The molecule has 0 aromatic heterocycles. The van der Waals surface area contributed by atoms with Crippen molar-refractivity contribution in [3.8, 4) is 0 Å². The topological polar surface area (TPSA) is 42.1 Å². The number of hydrogen-bond acceptors (Lipinski definition) is 3. The maximum Gasteiger partial charge on any atom is 0.167 e. The predicted octanol–water partition coefficient (Wildman–Crippen LogP) is 2.70. The standard InChI is InChI=1S/C18H18O3/c19-18-9-13(8-16-11-21-16)3-6-17(18)14-4-1-12(2-5-14)7-15-10-20-15/h1-6,15-16H,7-11H2. The van der Waals surface area contributed by atoms with Crippen molar-refractivity contribution < 1.29 is 14.3 Å². The summed E-state index contributed by atoms with van der Waals surface area (Å²) in [6.45, 7) is 1.72. The van der Waals surface area contributed by atoms with Crippen LogP contribution in [0.4, 0.5) is 0 Å². The Bertz CT molecular complexity index is 616. The summed E-state index contributed by atoms with van der Waals surface area (Å²) in [5.41, 5.74) is 4.30. The van der Waals surface area contributed by atoms with Crippen molar-refractivity contribution in [2.75, 3.05) is 13.2 Å². The molecule has 0 amide bonds. The molecule has 2 aliphatic heterocycles. The third kappa shape index (κ3) is 3.14. The summed E-state index contributed by atoms with van der Waals surface area (Å²) in [7, 11) is 0. The summed E-state index contributed by atoms with van der Waals surface area (Å²) in [5, 5.41) is 0. The number of carbonyl (C=O) groups is 1. The van der Waals surface area contributed by atoms with Gasteiger partial charge in [0.05, 0.1) is 25.4 Å². The lowest BCUT2D eigenvalue weighted by molar-refractivity contribution is -0.113. The Balaban J connectivity index is 1.49. The van der Waals surface area contributed by atoms with E-state index in [0.29, 0.717) is 18.6 Å². The van der Waals surface area contributed by atoms with Crippen LogP contribution in [0.25, 0.3) is 5.57 Å². The molecule has 0 spiro atoms. The fourth-order valence-corrected chi connectivity index (χ4v) is 2.80. The smallest absolute Gasteiger partial charge is 0.167 e. The Morgan fingerprint density at radius 2 is 1.62 bits per heavy atom. The highest BCUT2D eigenvalue weighted by atomic mass is 16.6. The van der Waals surface area contributed by atoms with Crippen LogP contribution in [0.2, 0.25) is 0 Å². The first-order chi connectivity index (χ1) is 10.3. The maximum atomic E-state index is 12.3. The Kier molecular flexibility index (Phi) is 3.24. The Hall–Kier alpha value is -1.71. The number of hydrogen-bond donors (Lipinski definition) is 0. The third-order valence-corrected chi connectivity index (χ3v) is 4.20. The van der Waals surface area contributed by atoms with E-state index in [9.17, 15) is 4.79 Å². The molecule has 3 heteroatoms. The fraction of sp³-hybridized carbons (Fsp3) is 0.389. The van der Waals surface area contributed by atoms with E-state index in [0.717, 1.165) is 37.2 Å². The zero-order valence-electron chi connectivity index (χ0n) is 11.9. The van der Waals surface area contributed by atoms with Gasteiger partial charge in [0.1, 0.15) is 0 Å². The summed E-state index contributed by atoms with van der Waals surface area (Å²) in [5.74, 6) is 0.214. The highest BCUT2D eigenvalue weighted by molar-refractivity contribution is 6.22. The first kappa shape index (κ1) is 13.0. The lowest BCUT2D eigenvalue weighted by Gasteiger charge is -2.13. The second-order valence-electron chi connectivity index (χ2n) is 6.02. The molecule has 1 aromatic carbocycles. The van der Waals surface area contributed by atoms with Crippen LogP contribution in [-0.2, 0) is 20.7 Å². The summed E-state index contributed by atoms with van der Waals surface area (Å²) in [4.78, 5) is 12.3. The number of carbonyl (C=O) groups excluding carboxylic acids is 1.